The summed E-state index contributed by atoms with van der Waals surface area (Å²) in [6, 6.07) is 69.8. The summed E-state index contributed by atoms with van der Waals surface area (Å²) in [4.78, 5) is 40.5. The van der Waals surface area contributed by atoms with Crippen LogP contribution in [0.2, 0.25) is 0 Å². The number of aromatic hydroxyl groups is 3. The van der Waals surface area contributed by atoms with Crippen LogP contribution in [0.1, 0.15) is 100 Å². The molecule has 1 aliphatic heterocycles. The molecule has 12 aromatic carbocycles. The number of nitrogens with zero attached hydrogens (tertiary/aromatic N) is 6. The van der Waals surface area contributed by atoms with Gasteiger partial charge in [-0.2, -0.15) is 0 Å². The molecule has 1 heterocycles. The Bertz CT molecular complexity index is 5500. The Kier molecular flexibility index (Phi) is 26.2. The van der Waals surface area contributed by atoms with Gasteiger partial charge in [-0.25, -0.2) is 0 Å². The molecule has 12 aromatic rings. The fourth-order valence-electron chi connectivity index (χ4n) is 11.9. The van der Waals surface area contributed by atoms with E-state index in [4.69, 9.17) is 60.4 Å². The maximum absolute atomic E-state index is 11.5. The van der Waals surface area contributed by atoms with Gasteiger partial charge in [0, 0.05) is 0 Å². The Balaban J connectivity index is 1.36. The van der Waals surface area contributed by atoms with Crippen molar-refractivity contribution in [2.45, 2.75) is 125 Å². The van der Waals surface area contributed by atoms with Gasteiger partial charge in [-0.3, -0.25) is 0 Å². The molecular formula is C90H96N6O15P6. The van der Waals surface area contributed by atoms with Crippen molar-refractivity contribution in [1.29, 1.82) is 0 Å². The van der Waals surface area contributed by atoms with Gasteiger partial charge in [-0.1, -0.05) is 0 Å². The molecule has 117 heavy (non-hydrogen) atoms. The molecule has 1 aliphatic rings. The van der Waals surface area contributed by atoms with Crippen LogP contribution in [0.4, 0.5) is 0 Å². The molecule has 0 aromatic heterocycles. The molecule has 13 rings (SSSR count). The normalized spacial score (nSPS) is 17.2. The summed E-state index contributed by atoms with van der Waals surface area (Å²) >= 11 is 0. The molecular weight excluding hydrogens is 1590 g/mol. The van der Waals surface area contributed by atoms with Crippen molar-refractivity contribution in [3.63, 3.8) is 0 Å². The Morgan fingerprint density at radius 2 is 0.462 bits per heavy atom. The predicted octanol–water partition coefficient (Wildman–Crippen LogP) is 26.8. The zero-order chi connectivity index (χ0) is 83.2. The summed E-state index contributed by atoms with van der Waals surface area (Å²) in [5.41, 5.74) is 14.2. The van der Waals surface area contributed by atoms with Crippen LogP contribution in [0.25, 0.3) is 0 Å². The van der Waals surface area contributed by atoms with Gasteiger partial charge in [0.25, 0.3) is 0 Å². The molecule has 0 bridgehead atoms. The molecule has 0 radical (unpaired) electrons. The summed E-state index contributed by atoms with van der Waals surface area (Å²) in [6.07, 6.45) is 0. The summed E-state index contributed by atoms with van der Waals surface area (Å²) in [5, 5.41) is 34.5. The van der Waals surface area contributed by atoms with Crippen LogP contribution >= 0.6 is 49.9 Å². The molecule has 4 unspecified atom stereocenters. The summed E-state index contributed by atoms with van der Waals surface area (Å²) in [6.45, 7) is 35.7. The maximum atomic E-state index is 11.5. The van der Waals surface area contributed by atoms with Crippen molar-refractivity contribution in [3.05, 3.63) is 337 Å². The van der Waals surface area contributed by atoms with E-state index in [0.717, 1.165) is 83.5 Å². The van der Waals surface area contributed by atoms with Crippen LogP contribution in [-0.2, 0) is 0 Å². The number of phenols is 3. The monoisotopic (exact) mass is 1690 g/mol. The van der Waals surface area contributed by atoms with E-state index in [9.17, 15) is 15.3 Å². The molecule has 0 aliphatic carbocycles. The van der Waals surface area contributed by atoms with E-state index in [1.807, 2.05) is 282 Å². The third-order valence-electron chi connectivity index (χ3n) is 20.6. The van der Waals surface area contributed by atoms with Crippen LogP contribution in [0.5, 0.6) is 86.2 Å². The first-order valence-corrected chi connectivity index (χ1v) is 45.2. The van der Waals surface area contributed by atoms with Crippen LogP contribution in [0.3, 0.4) is 0 Å². The van der Waals surface area contributed by atoms with Gasteiger partial charge in [-0.05, 0) is 0 Å². The number of hydrogen-bond donors (Lipinski definition) is 3. The zero-order valence-corrected chi connectivity index (χ0v) is 74.0. The molecule has 21 nitrogen and oxygen atoms in total. The fraction of sp³-hybridized carbons (Fsp3) is 0.200. The predicted molar refractivity (Wildman–Crippen MR) is 468 cm³/mol. The summed E-state index contributed by atoms with van der Waals surface area (Å²) in [5.74, 6) is 2.50. The van der Waals surface area contributed by atoms with Gasteiger partial charge in [-0.15, -0.1) is 0 Å². The van der Waals surface area contributed by atoms with Crippen molar-refractivity contribution >= 4 is 49.9 Å². The number of rotatable bonds is 24. The minimum absolute atomic E-state index is 0.0256. The van der Waals surface area contributed by atoms with E-state index in [1.54, 1.807) is 19.9 Å². The summed E-state index contributed by atoms with van der Waals surface area (Å²) in [7, 11) is -20.0. The first kappa shape index (κ1) is 84.6. The molecule has 0 spiro atoms. The van der Waals surface area contributed by atoms with E-state index in [0.29, 0.717) is 56.9 Å². The van der Waals surface area contributed by atoms with Gasteiger partial charge in [0.15, 0.2) is 0 Å². The Morgan fingerprint density at radius 3 is 0.744 bits per heavy atom. The van der Waals surface area contributed by atoms with Crippen molar-refractivity contribution in [2.24, 2.45) is 4.52 Å². The standard InChI is InChI=1S/C90H96N6O15P6/c1-58-28-19-37-82(67(58)10)100-92-112-91-117(109-79-52-46-76(97)47-53-79,110-80-54-48-77(98)49-55-80,111-81-56-50-78(99)51-57-81)96(104-86-41-23-32-62(5)71(86)14)116(108-90-45-27-36-66(9)75(90)18)95(103-85-40-22-31-61(4)70(85)13)115(107-89-44-26-35-65(8)74(89)17)94(102-84-39-21-30-60(3)69(84)12)114(106-88-43-25-34-64(7)73(88)16)93(101-83-38-20-29-59(2)68(83)11)113(92)105-87-42-24-33-63(6)72(87)15/h19-57,97-99H,1-18H3. The molecule has 0 amide bonds. The summed E-state index contributed by atoms with van der Waals surface area (Å²) < 4.78 is 71.4. The first-order valence-electron chi connectivity index (χ1n) is 37.9. The van der Waals surface area contributed by atoms with Crippen molar-refractivity contribution in [1.82, 2.24) is 23.0 Å². The number of hydrogen-bond acceptors (Lipinski definition) is 21. The topological polar surface area (TPSA) is 200 Å². The van der Waals surface area contributed by atoms with Gasteiger partial charge < -0.3 is 0 Å². The van der Waals surface area contributed by atoms with E-state index >= 15 is 0 Å². The van der Waals surface area contributed by atoms with Crippen LogP contribution < -0.4 is 55.9 Å². The number of phenolic OH excluding ortho intramolecular Hbond substituents is 3. The Morgan fingerprint density at radius 1 is 0.248 bits per heavy atom. The molecule has 606 valence electrons. The second-order valence-corrected chi connectivity index (χ2v) is 39.6. The fourth-order valence-corrected chi connectivity index (χ4v) is 26.6. The van der Waals surface area contributed by atoms with E-state index < -0.39 is 41.4 Å². The van der Waals surface area contributed by atoms with Crippen molar-refractivity contribution < 1.29 is 71.2 Å². The zero-order valence-electron chi connectivity index (χ0n) is 68.6. The van der Waals surface area contributed by atoms with E-state index in [-0.39, 0.29) is 54.5 Å². The average molecular weight is 1690 g/mol. The van der Waals surface area contributed by atoms with Crippen LogP contribution in [0.15, 0.2) is 241 Å². The quantitative estimate of drug-likeness (QED) is 0.0482. The van der Waals surface area contributed by atoms with E-state index in [2.05, 4.69) is 0 Å². The molecule has 4 atom stereocenters. The number of benzene rings is 12. The van der Waals surface area contributed by atoms with Crippen molar-refractivity contribution in [2.75, 3.05) is 0 Å². The van der Waals surface area contributed by atoms with Gasteiger partial charge in [0.1, 0.15) is 0 Å². The Labute approximate surface area is 692 Å². The van der Waals surface area contributed by atoms with E-state index in [1.165, 1.54) is 82.0 Å². The van der Waals surface area contributed by atoms with Gasteiger partial charge in [0.2, 0.25) is 0 Å². The second kappa shape index (κ2) is 36.3. The van der Waals surface area contributed by atoms with Crippen LogP contribution in [0, 0.1) is 125 Å². The third kappa shape index (κ3) is 18.7. The molecule has 0 saturated heterocycles. The van der Waals surface area contributed by atoms with Crippen LogP contribution in [-0.4, -0.2) is 38.3 Å². The minimum atomic E-state index is -6.94. The number of aryl methyl sites for hydroxylation is 9. The SMILES string of the molecule is Cc1cccc(ON2P=NP(Oc3ccc(O)cc3)(Oc3ccc(O)cc3)(Oc3ccc(O)cc3)N(Oc3cccc(C)c3C)P(Oc3cccc(C)c3C)N(Oc3cccc(C)c3C)P(Oc3cccc(C)c3C)N(Oc3cccc(C)c3C)P(Oc3cccc(C)c3C)N(Oc3cccc(C)c3C)P2Oc2cccc(C)c2C)c1C. The second-order valence-electron chi connectivity index (χ2n) is 28.6. The Hall–Kier alpha value is -10.3. The molecule has 0 fully saturated rings. The molecule has 0 saturated carbocycles. The molecule has 3 N–H and O–H groups in total. The van der Waals surface area contributed by atoms with Gasteiger partial charge in [0.05, 0.1) is 0 Å². The van der Waals surface area contributed by atoms with Gasteiger partial charge >= 0.3 is 696 Å². The average Bonchev–Trinajstić information content (AvgIpc) is 0.703. The van der Waals surface area contributed by atoms with Crippen molar-refractivity contribution in [3.8, 4) is 86.2 Å². The first-order chi connectivity index (χ1) is 56.0. The molecule has 27 heteroatoms. The third-order valence-corrected chi connectivity index (χ3v) is 33.9.